The van der Waals surface area contributed by atoms with Crippen LogP contribution < -0.4 is 10.9 Å². The molecule has 1 fully saturated rings. The van der Waals surface area contributed by atoms with Gasteiger partial charge in [-0.3, -0.25) is 4.79 Å². The van der Waals surface area contributed by atoms with Gasteiger partial charge in [-0.1, -0.05) is 0 Å². The summed E-state index contributed by atoms with van der Waals surface area (Å²) < 4.78 is 1.52. The van der Waals surface area contributed by atoms with Crippen LogP contribution in [0.1, 0.15) is 0 Å². The highest BCUT2D eigenvalue weighted by Crippen LogP contribution is 2.03. The second kappa shape index (κ2) is 3.06. The molecule has 0 bridgehead atoms. The van der Waals surface area contributed by atoms with Crippen molar-refractivity contribution in [2.45, 2.75) is 6.54 Å². The topological polar surface area (TPSA) is 46.9 Å². The fourth-order valence-electron chi connectivity index (χ4n) is 1.25. The van der Waals surface area contributed by atoms with Crippen molar-refractivity contribution >= 4 is 0 Å². The first-order valence-corrected chi connectivity index (χ1v) is 4.09. The Morgan fingerprint density at radius 3 is 3.08 bits per heavy atom. The van der Waals surface area contributed by atoms with Gasteiger partial charge in [-0.25, -0.2) is 4.68 Å². The highest BCUT2D eigenvalue weighted by molar-refractivity contribution is 4.86. The van der Waals surface area contributed by atoms with Gasteiger partial charge in [0.2, 0.25) is 0 Å². The van der Waals surface area contributed by atoms with Crippen molar-refractivity contribution in [1.82, 2.24) is 15.1 Å². The Kier molecular flexibility index (Phi) is 1.91. The molecule has 0 radical (unpaired) electrons. The van der Waals surface area contributed by atoms with E-state index < -0.39 is 0 Å². The SMILES string of the molecule is O=c1cccnn1CC1CNC1. The first-order chi connectivity index (χ1) is 5.86. The standard InChI is InChI=1S/C8H11N3O/c12-8-2-1-3-10-11(8)6-7-4-9-5-7/h1-3,7,9H,4-6H2. The third kappa shape index (κ3) is 1.38. The van der Waals surface area contributed by atoms with E-state index in [0.29, 0.717) is 5.92 Å². The Bertz CT molecular complexity index is 316. The zero-order valence-corrected chi connectivity index (χ0v) is 6.73. The van der Waals surface area contributed by atoms with Gasteiger partial charge in [0.05, 0.1) is 6.54 Å². The van der Waals surface area contributed by atoms with Crippen LogP contribution in [0, 0.1) is 5.92 Å². The largest absolute Gasteiger partial charge is 0.316 e. The average molecular weight is 165 g/mol. The lowest BCUT2D eigenvalue weighted by Gasteiger charge is -2.26. The maximum Gasteiger partial charge on any atom is 0.266 e. The highest BCUT2D eigenvalue weighted by Gasteiger charge is 2.17. The normalized spacial score (nSPS) is 17.3. The van der Waals surface area contributed by atoms with Crippen molar-refractivity contribution in [3.63, 3.8) is 0 Å². The molecule has 0 amide bonds. The van der Waals surface area contributed by atoms with Crippen LogP contribution in [0.15, 0.2) is 23.1 Å². The van der Waals surface area contributed by atoms with E-state index in [0.717, 1.165) is 19.6 Å². The van der Waals surface area contributed by atoms with Crippen LogP contribution in [0.2, 0.25) is 0 Å². The number of hydrogen-bond donors (Lipinski definition) is 1. The number of hydrogen-bond acceptors (Lipinski definition) is 3. The lowest BCUT2D eigenvalue weighted by Crippen LogP contribution is -2.45. The molecule has 12 heavy (non-hydrogen) atoms. The summed E-state index contributed by atoms with van der Waals surface area (Å²) in [5.41, 5.74) is -0.00981. The van der Waals surface area contributed by atoms with E-state index in [2.05, 4.69) is 10.4 Å². The molecule has 2 heterocycles. The summed E-state index contributed by atoms with van der Waals surface area (Å²) >= 11 is 0. The molecule has 1 aromatic rings. The van der Waals surface area contributed by atoms with Crippen LogP contribution in [0.3, 0.4) is 0 Å². The molecule has 1 aromatic heterocycles. The molecule has 0 aliphatic carbocycles. The number of nitrogens with zero attached hydrogens (tertiary/aromatic N) is 2. The first-order valence-electron chi connectivity index (χ1n) is 4.09. The van der Waals surface area contributed by atoms with Crippen molar-refractivity contribution in [1.29, 1.82) is 0 Å². The van der Waals surface area contributed by atoms with Gasteiger partial charge in [0.1, 0.15) is 0 Å². The Morgan fingerprint density at radius 1 is 1.67 bits per heavy atom. The van der Waals surface area contributed by atoms with E-state index in [1.54, 1.807) is 18.3 Å². The van der Waals surface area contributed by atoms with Gasteiger partial charge in [0, 0.05) is 31.3 Å². The molecule has 0 atom stereocenters. The van der Waals surface area contributed by atoms with Gasteiger partial charge in [0.15, 0.2) is 0 Å². The monoisotopic (exact) mass is 165 g/mol. The number of rotatable bonds is 2. The smallest absolute Gasteiger partial charge is 0.266 e. The van der Waals surface area contributed by atoms with Crippen molar-refractivity contribution in [3.8, 4) is 0 Å². The third-order valence-electron chi connectivity index (χ3n) is 2.08. The summed E-state index contributed by atoms with van der Waals surface area (Å²) in [5.74, 6) is 0.581. The summed E-state index contributed by atoms with van der Waals surface area (Å²) in [7, 11) is 0. The molecule has 0 spiro atoms. The van der Waals surface area contributed by atoms with Crippen LogP contribution in [-0.2, 0) is 6.54 Å². The Hall–Kier alpha value is -1.16. The van der Waals surface area contributed by atoms with E-state index in [4.69, 9.17) is 0 Å². The molecule has 1 N–H and O–H groups in total. The Morgan fingerprint density at radius 2 is 2.50 bits per heavy atom. The summed E-state index contributed by atoms with van der Waals surface area (Å²) in [6.07, 6.45) is 1.65. The molecular formula is C8H11N3O. The molecule has 0 saturated carbocycles. The van der Waals surface area contributed by atoms with E-state index in [1.807, 2.05) is 0 Å². The second-order valence-electron chi connectivity index (χ2n) is 3.07. The highest BCUT2D eigenvalue weighted by atomic mass is 16.1. The van der Waals surface area contributed by atoms with Gasteiger partial charge in [-0.2, -0.15) is 5.10 Å². The van der Waals surface area contributed by atoms with Gasteiger partial charge < -0.3 is 5.32 Å². The Balaban J connectivity index is 2.11. The van der Waals surface area contributed by atoms with Crippen molar-refractivity contribution in [2.75, 3.05) is 13.1 Å². The molecule has 1 aliphatic rings. The van der Waals surface area contributed by atoms with Crippen LogP contribution >= 0.6 is 0 Å². The molecule has 1 saturated heterocycles. The summed E-state index contributed by atoms with van der Waals surface area (Å²) in [4.78, 5) is 11.2. The van der Waals surface area contributed by atoms with E-state index in [-0.39, 0.29) is 5.56 Å². The number of aromatic nitrogens is 2. The average Bonchev–Trinajstić information content (AvgIpc) is 2.00. The number of nitrogens with one attached hydrogen (secondary N) is 1. The molecule has 4 heteroatoms. The lowest BCUT2D eigenvalue weighted by atomic mass is 10.0. The molecule has 1 aliphatic heterocycles. The van der Waals surface area contributed by atoms with Crippen LogP contribution in [0.5, 0.6) is 0 Å². The van der Waals surface area contributed by atoms with Gasteiger partial charge >= 0.3 is 0 Å². The van der Waals surface area contributed by atoms with Crippen molar-refractivity contribution in [2.24, 2.45) is 5.92 Å². The van der Waals surface area contributed by atoms with Crippen LogP contribution in [0.25, 0.3) is 0 Å². The van der Waals surface area contributed by atoms with Crippen LogP contribution in [0.4, 0.5) is 0 Å². The minimum absolute atomic E-state index is 0.00981. The maximum atomic E-state index is 11.2. The zero-order valence-electron chi connectivity index (χ0n) is 6.73. The summed E-state index contributed by atoms with van der Waals surface area (Å²) in [6, 6.07) is 3.21. The fraction of sp³-hybridized carbons (Fsp3) is 0.500. The molecule has 4 nitrogen and oxygen atoms in total. The molecule has 0 aromatic carbocycles. The maximum absolute atomic E-state index is 11.2. The quantitative estimate of drug-likeness (QED) is 0.640. The van der Waals surface area contributed by atoms with E-state index in [9.17, 15) is 4.79 Å². The molecule has 0 unspecified atom stereocenters. The first kappa shape index (κ1) is 7.49. The predicted octanol–water partition coefficient (Wildman–Crippen LogP) is -0.537. The summed E-state index contributed by atoms with van der Waals surface area (Å²) in [6.45, 7) is 2.75. The minimum Gasteiger partial charge on any atom is -0.316 e. The lowest BCUT2D eigenvalue weighted by molar-refractivity contribution is 0.290. The second-order valence-corrected chi connectivity index (χ2v) is 3.07. The van der Waals surface area contributed by atoms with Gasteiger partial charge in [-0.15, -0.1) is 0 Å². The minimum atomic E-state index is -0.00981. The van der Waals surface area contributed by atoms with Gasteiger partial charge in [-0.05, 0) is 6.07 Å². The third-order valence-corrected chi connectivity index (χ3v) is 2.08. The van der Waals surface area contributed by atoms with Crippen molar-refractivity contribution in [3.05, 3.63) is 28.7 Å². The van der Waals surface area contributed by atoms with Gasteiger partial charge in [0.25, 0.3) is 5.56 Å². The molecule has 2 rings (SSSR count). The predicted molar refractivity (Wildman–Crippen MR) is 44.9 cm³/mol. The zero-order chi connectivity index (χ0) is 8.39. The fourth-order valence-corrected chi connectivity index (χ4v) is 1.25. The molecule has 64 valence electrons. The molecular weight excluding hydrogens is 154 g/mol. The Labute approximate surface area is 70.2 Å². The van der Waals surface area contributed by atoms with Crippen LogP contribution in [-0.4, -0.2) is 22.9 Å². The van der Waals surface area contributed by atoms with E-state index >= 15 is 0 Å². The van der Waals surface area contributed by atoms with Crippen molar-refractivity contribution < 1.29 is 0 Å². The summed E-state index contributed by atoms with van der Waals surface area (Å²) in [5, 5.41) is 7.13. The van der Waals surface area contributed by atoms with E-state index in [1.165, 1.54) is 4.68 Å².